The van der Waals surface area contributed by atoms with Gasteiger partial charge in [-0.25, -0.2) is 4.39 Å². The Hall–Kier alpha value is -0.670. The number of unbranched alkanes of at least 4 members (excludes halogenated alkanes) is 1. The first-order valence-electron chi connectivity index (χ1n) is 2.96. The second kappa shape index (κ2) is 4.26. The quantitative estimate of drug-likeness (QED) is 0.515. The Kier molecular flexibility index (Phi) is 4.00. The topological polar surface area (TPSA) is 78.2 Å². The molecule has 6 heteroatoms. The average molecular weight is 181 g/mol. The average Bonchev–Trinajstić information content (AvgIpc) is 1.86. The van der Waals surface area contributed by atoms with Gasteiger partial charge < -0.3 is 0 Å². The Balaban J connectivity index is 3.73. The molecule has 0 saturated heterocycles. The Morgan fingerprint density at radius 3 is 2.55 bits per heavy atom. The first kappa shape index (κ1) is 10.3. The molecule has 0 amide bonds. The van der Waals surface area contributed by atoms with E-state index in [0.717, 1.165) is 0 Å². The number of hydrogen-bond donors (Lipinski definition) is 1. The Labute approximate surface area is 64.4 Å². The van der Waals surface area contributed by atoms with Crippen molar-refractivity contribution < 1.29 is 17.4 Å². The van der Waals surface area contributed by atoms with Gasteiger partial charge >= 0.3 is 0 Å². The second-order valence-electron chi connectivity index (χ2n) is 1.98. The van der Waals surface area contributed by atoms with Crippen LogP contribution in [0, 0.1) is 11.3 Å². The molecule has 0 fully saturated rings. The molecule has 0 aliphatic heterocycles. The van der Waals surface area contributed by atoms with Crippen LogP contribution < -0.4 is 0 Å². The summed E-state index contributed by atoms with van der Waals surface area (Å²) in [5.41, 5.74) is -2.25. The van der Waals surface area contributed by atoms with E-state index in [4.69, 9.17) is 9.81 Å². The summed E-state index contributed by atoms with van der Waals surface area (Å²) in [4.78, 5) is 0. The van der Waals surface area contributed by atoms with Gasteiger partial charge in [-0.3, -0.25) is 4.55 Å². The minimum absolute atomic E-state index is 0.0932. The molecule has 0 spiro atoms. The van der Waals surface area contributed by atoms with Crippen molar-refractivity contribution in [2.45, 2.75) is 24.8 Å². The van der Waals surface area contributed by atoms with Gasteiger partial charge in [0.25, 0.3) is 10.1 Å². The lowest BCUT2D eigenvalue weighted by Gasteiger charge is -2.00. The van der Waals surface area contributed by atoms with E-state index in [2.05, 4.69) is 0 Å². The van der Waals surface area contributed by atoms with Crippen molar-refractivity contribution in [3.05, 3.63) is 0 Å². The van der Waals surface area contributed by atoms with E-state index >= 15 is 0 Å². The Morgan fingerprint density at radius 1 is 1.64 bits per heavy atom. The van der Waals surface area contributed by atoms with Gasteiger partial charge in [0.05, 0.1) is 6.07 Å². The summed E-state index contributed by atoms with van der Waals surface area (Å²) in [7, 11) is -4.56. The molecule has 0 radical (unpaired) electrons. The first-order chi connectivity index (χ1) is 4.98. The number of nitriles is 1. The minimum Gasteiger partial charge on any atom is -0.283 e. The fourth-order valence-electron chi connectivity index (χ4n) is 0.491. The fourth-order valence-corrected chi connectivity index (χ4v) is 0.955. The predicted molar refractivity (Wildman–Crippen MR) is 35.9 cm³/mol. The number of alkyl halides is 1. The van der Waals surface area contributed by atoms with E-state index in [0.29, 0.717) is 0 Å². The highest BCUT2D eigenvalue weighted by molar-refractivity contribution is 7.86. The van der Waals surface area contributed by atoms with E-state index in [9.17, 15) is 12.8 Å². The normalized spacial score (nSPS) is 13.9. The van der Waals surface area contributed by atoms with Gasteiger partial charge in [0, 0.05) is 6.42 Å². The van der Waals surface area contributed by atoms with Crippen molar-refractivity contribution in [2.75, 3.05) is 0 Å². The SMILES string of the molecule is N#CCCCC(F)S(=O)(=O)O. The highest BCUT2D eigenvalue weighted by atomic mass is 32.2. The van der Waals surface area contributed by atoms with E-state index in [1.165, 1.54) is 0 Å². The summed E-state index contributed by atoms with van der Waals surface area (Å²) in [6, 6.07) is 1.73. The Bertz CT molecular complexity index is 243. The molecule has 0 saturated carbocycles. The zero-order valence-electron chi connectivity index (χ0n) is 5.70. The van der Waals surface area contributed by atoms with E-state index < -0.39 is 15.6 Å². The highest BCUT2D eigenvalue weighted by Gasteiger charge is 2.20. The summed E-state index contributed by atoms with van der Waals surface area (Å²) in [5.74, 6) is 0. The Morgan fingerprint density at radius 2 is 2.18 bits per heavy atom. The third-order valence-corrected chi connectivity index (χ3v) is 1.92. The highest BCUT2D eigenvalue weighted by Crippen LogP contribution is 2.09. The van der Waals surface area contributed by atoms with Gasteiger partial charge in [-0.15, -0.1) is 0 Å². The molecule has 0 aromatic heterocycles. The maximum absolute atomic E-state index is 12.3. The summed E-state index contributed by atoms with van der Waals surface area (Å²) in [5, 5.41) is 8.00. The third kappa shape index (κ3) is 4.70. The molecule has 0 aromatic rings. The van der Waals surface area contributed by atoms with Crippen LogP contribution in [-0.2, 0) is 10.1 Å². The molecule has 0 rings (SSSR count). The maximum atomic E-state index is 12.3. The molecule has 1 N–H and O–H groups in total. The lowest BCUT2D eigenvalue weighted by molar-refractivity contribution is 0.354. The number of halogens is 1. The van der Waals surface area contributed by atoms with Crippen molar-refractivity contribution in [3.8, 4) is 6.07 Å². The minimum atomic E-state index is -4.56. The molecule has 1 atom stereocenters. The standard InChI is InChI=1S/C5H8FNO3S/c6-5(11(8,9)10)3-1-2-4-7/h5H,1-3H2,(H,8,9,10). The molecule has 0 aliphatic carbocycles. The van der Waals surface area contributed by atoms with Gasteiger partial charge in [0.15, 0.2) is 0 Å². The van der Waals surface area contributed by atoms with E-state index in [-0.39, 0.29) is 19.3 Å². The van der Waals surface area contributed by atoms with Crippen LogP contribution in [0.5, 0.6) is 0 Å². The van der Waals surface area contributed by atoms with Crippen LogP contribution in [0.1, 0.15) is 19.3 Å². The van der Waals surface area contributed by atoms with Gasteiger partial charge in [0.1, 0.15) is 0 Å². The van der Waals surface area contributed by atoms with Crippen LogP contribution in [0.3, 0.4) is 0 Å². The van der Waals surface area contributed by atoms with Crippen molar-refractivity contribution >= 4 is 10.1 Å². The molecule has 0 aliphatic rings. The van der Waals surface area contributed by atoms with Crippen LogP contribution in [-0.4, -0.2) is 18.5 Å². The van der Waals surface area contributed by atoms with Crippen LogP contribution in [0.2, 0.25) is 0 Å². The zero-order valence-corrected chi connectivity index (χ0v) is 6.51. The van der Waals surface area contributed by atoms with Crippen molar-refractivity contribution in [2.24, 2.45) is 0 Å². The lowest BCUT2D eigenvalue weighted by atomic mass is 10.3. The number of hydrogen-bond acceptors (Lipinski definition) is 3. The molecule has 64 valence electrons. The second-order valence-corrected chi connectivity index (χ2v) is 3.52. The number of rotatable bonds is 4. The van der Waals surface area contributed by atoms with Gasteiger partial charge in [-0.05, 0) is 12.8 Å². The fraction of sp³-hybridized carbons (Fsp3) is 0.800. The summed E-state index contributed by atoms with van der Waals surface area (Å²) in [6.07, 6.45) is -0.0974. The molecule has 11 heavy (non-hydrogen) atoms. The third-order valence-electron chi connectivity index (χ3n) is 1.04. The van der Waals surface area contributed by atoms with Crippen LogP contribution >= 0.6 is 0 Å². The summed E-state index contributed by atoms with van der Waals surface area (Å²) in [6.45, 7) is 0. The molecule has 0 aromatic carbocycles. The van der Waals surface area contributed by atoms with Crippen LogP contribution in [0.15, 0.2) is 0 Å². The van der Waals surface area contributed by atoms with Crippen LogP contribution in [0.25, 0.3) is 0 Å². The molecule has 0 bridgehead atoms. The van der Waals surface area contributed by atoms with Crippen molar-refractivity contribution in [1.29, 1.82) is 5.26 Å². The van der Waals surface area contributed by atoms with Gasteiger partial charge in [-0.2, -0.15) is 13.7 Å². The van der Waals surface area contributed by atoms with Gasteiger partial charge in [0.2, 0.25) is 5.50 Å². The monoisotopic (exact) mass is 181 g/mol. The lowest BCUT2D eigenvalue weighted by Crippen LogP contribution is -2.14. The van der Waals surface area contributed by atoms with E-state index in [1.807, 2.05) is 0 Å². The summed E-state index contributed by atoms with van der Waals surface area (Å²) >= 11 is 0. The van der Waals surface area contributed by atoms with E-state index in [1.54, 1.807) is 6.07 Å². The number of nitrogens with zero attached hydrogens (tertiary/aromatic N) is 1. The van der Waals surface area contributed by atoms with Crippen molar-refractivity contribution in [1.82, 2.24) is 0 Å². The molecular weight excluding hydrogens is 173 g/mol. The summed E-state index contributed by atoms with van der Waals surface area (Å²) < 4.78 is 40.4. The zero-order chi connectivity index (χ0) is 8.91. The smallest absolute Gasteiger partial charge is 0.283 e. The van der Waals surface area contributed by atoms with Gasteiger partial charge in [-0.1, -0.05) is 0 Å². The molecule has 0 heterocycles. The molecule has 1 unspecified atom stereocenters. The van der Waals surface area contributed by atoms with Crippen LogP contribution in [0.4, 0.5) is 4.39 Å². The van der Waals surface area contributed by atoms with Crippen molar-refractivity contribution in [3.63, 3.8) is 0 Å². The maximum Gasteiger partial charge on any atom is 0.297 e. The largest absolute Gasteiger partial charge is 0.297 e. The first-order valence-corrected chi connectivity index (χ1v) is 4.46. The molecular formula is C5H8FNO3S. The molecule has 4 nitrogen and oxygen atoms in total. The predicted octanol–water partition coefficient (Wildman–Crippen LogP) is 0.864.